The summed E-state index contributed by atoms with van der Waals surface area (Å²) in [5, 5.41) is 2.87. The predicted octanol–water partition coefficient (Wildman–Crippen LogP) is 3.30. The number of nitrogens with zero attached hydrogens (tertiary/aromatic N) is 2. The molecule has 0 radical (unpaired) electrons. The highest BCUT2D eigenvalue weighted by atomic mass is 32.2. The molecule has 4 rings (SSSR count). The number of nitrogens with one attached hydrogen (secondary N) is 1. The molecule has 2 aliphatic heterocycles. The van der Waals surface area contributed by atoms with E-state index in [0.29, 0.717) is 42.9 Å². The molecular formula is C22H25N3O4S. The van der Waals surface area contributed by atoms with Crippen molar-refractivity contribution in [2.24, 2.45) is 0 Å². The Hall–Kier alpha value is -2.87. The van der Waals surface area contributed by atoms with Gasteiger partial charge in [-0.25, -0.2) is 8.42 Å². The van der Waals surface area contributed by atoms with E-state index in [1.807, 2.05) is 19.1 Å². The summed E-state index contributed by atoms with van der Waals surface area (Å²) in [5.74, 6) is -0.101. The molecule has 8 heteroatoms. The number of carbonyl (C=O) groups excluding carboxylic acids is 2. The van der Waals surface area contributed by atoms with E-state index in [9.17, 15) is 18.0 Å². The van der Waals surface area contributed by atoms with Crippen LogP contribution < -0.4 is 14.5 Å². The van der Waals surface area contributed by atoms with E-state index in [1.165, 1.54) is 4.31 Å². The molecule has 0 saturated carbocycles. The van der Waals surface area contributed by atoms with Crippen LogP contribution in [-0.2, 0) is 14.8 Å². The molecule has 158 valence electrons. The van der Waals surface area contributed by atoms with Gasteiger partial charge in [-0.1, -0.05) is 12.1 Å². The largest absolute Gasteiger partial charge is 0.322 e. The molecule has 0 unspecified atom stereocenters. The Morgan fingerprint density at radius 2 is 1.87 bits per heavy atom. The predicted molar refractivity (Wildman–Crippen MR) is 118 cm³/mol. The molecule has 30 heavy (non-hydrogen) atoms. The molecule has 0 aliphatic carbocycles. The maximum atomic E-state index is 12.8. The second kappa shape index (κ2) is 8.10. The number of aryl methyl sites for hydroxylation is 1. The number of hydrogen-bond acceptors (Lipinski definition) is 4. The van der Waals surface area contributed by atoms with E-state index in [0.717, 1.165) is 24.1 Å². The zero-order chi connectivity index (χ0) is 21.3. The first kappa shape index (κ1) is 20.4. The van der Waals surface area contributed by atoms with Crippen LogP contribution in [0.5, 0.6) is 0 Å². The van der Waals surface area contributed by atoms with Gasteiger partial charge in [0.15, 0.2) is 0 Å². The monoisotopic (exact) mass is 427 g/mol. The lowest BCUT2D eigenvalue weighted by Crippen LogP contribution is -2.37. The average molecular weight is 428 g/mol. The summed E-state index contributed by atoms with van der Waals surface area (Å²) < 4.78 is 26.1. The molecule has 2 saturated heterocycles. The van der Waals surface area contributed by atoms with Gasteiger partial charge in [-0.2, -0.15) is 0 Å². The number of amides is 2. The van der Waals surface area contributed by atoms with Gasteiger partial charge in [0.1, 0.15) is 0 Å². The Morgan fingerprint density at radius 1 is 1.03 bits per heavy atom. The van der Waals surface area contributed by atoms with Crippen molar-refractivity contribution >= 4 is 38.9 Å². The highest BCUT2D eigenvalue weighted by Gasteiger charge is 2.27. The molecular weight excluding hydrogens is 402 g/mol. The van der Waals surface area contributed by atoms with Crippen LogP contribution in [0.25, 0.3) is 0 Å². The van der Waals surface area contributed by atoms with Crippen molar-refractivity contribution in [3.8, 4) is 0 Å². The fourth-order valence-corrected chi connectivity index (χ4v) is 5.60. The lowest BCUT2D eigenvalue weighted by Gasteiger charge is -2.28. The van der Waals surface area contributed by atoms with Crippen LogP contribution in [0.15, 0.2) is 42.5 Å². The van der Waals surface area contributed by atoms with Crippen LogP contribution >= 0.6 is 0 Å². The first-order chi connectivity index (χ1) is 14.3. The number of hydrogen-bond donors (Lipinski definition) is 1. The maximum Gasteiger partial charge on any atom is 0.255 e. The molecule has 1 N–H and O–H groups in total. The van der Waals surface area contributed by atoms with E-state index in [4.69, 9.17) is 0 Å². The quantitative estimate of drug-likeness (QED) is 0.811. The Bertz CT molecular complexity index is 1100. The van der Waals surface area contributed by atoms with Gasteiger partial charge < -0.3 is 10.2 Å². The Labute approximate surface area is 176 Å². The van der Waals surface area contributed by atoms with E-state index < -0.39 is 10.0 Å². The second-order valence-electron chi connectivity index (χ2n) is 7.75. The van der Waals surface area contributed by atoms with E-state index >= 15 is 0 Å². The molecule has 0 aromatic heterocycles. The average Bonchev–Trinajstić information content (AvgIpc) is 3.15. The third-order valence-electron chi connectivity index (χ3n) is 5.58. The van der Waals surface area contributed by atoms with Crippen LogP contribution in [-0.4, -0.2) is 39.1 Å². The minimum atomic E-state index is -3.34. The van der Waals surface area contributed by atoms with Crippen LogP contribution in [0.3, 0.4) is 0 Å². The van der Waals surface area contributed by atoms with Gasteiger partial charge in [-0.3, -0.25) is 13.9 Å². The molecule has 2 aromatic rings. The fourth-order valence-electron chi connectivity index (χ4n) is 3.97. The summed E-state index contributed by atoms with van der Waals surface area (Å²) in [6.45, 7) is 3.05. The molecule has 2 aromatic carbocycles. The minimum absolute atomic E-state index is 0.0945. The van der Waals surface area contributed by atoms with E-state index in [2.05, 4.69) is 5.32 Å². The zero-order valence-corrected chi connectivity index (χ0v) is 17.7. The molecule has 0 bridgehead atoms. The lowest BCUT2D eigenvalue weighted by atomic mass is 10.1. The lowest BCUT2D eigenvalue weighted by molar-refractivity contribution is -0.117. The first-order valence-corrected chi connectivity index (χ1v) is 11.8. The van der Waals surface area contributed by atoms with Crippen LogP contribution in [0.2, 0.25) is 0 Å². The normalized spacial score (nSPS) is 18.5. The van der Waals surface area contributed by atoms with E-state index in [-0.39, 0.29) is 17.6 Å². The van der Waals surface area contributed by atoms with Crippen molar-refractivity contribution in [2.75, 3.05) is 33.4 Å². The standard InChI is InChI=1S/C22H25N3O4S/c1-16-9-10-18(15-20(16)24-11-5-8-21(24)26)23-22(27)17-6-4-7-19(14-17)25-12-2-3-13-30(25,28)29/h4,6-7,9-10,14-15H,2-3,5,8,11-13H2,1H3,(H,23,27). The molecule has 0 atom stereocenters. The zero-order valence-electron chi connectivity index (χ0n) is 16.9. The summed E-state index contributed by atoms with van der Waals surface area (Å²) in [5.41, 5.74) is 3.27. The summed E-state index contributed by atoms with van der Waals surface area (Å²) in [6.07, 6.45) is 2.84. The Morgan fingerprint density at radius 3 is 2.60 bits per heavy atom. The molecule has 2 aliphatic rings. The smallest absolute Gasteiger partial charge is 0.255 e. The van der Waals surface area contributed by atoms with Gasteiger partial charge in [0.2, 0.25) is 15.9 Å². The van der Waals surface area contributed by atoms with Crippen LogP contribution in [0.4, 0.5) is 17.1 Å². The van der Waals surface area contributed by atoms with Crippen molar-refractivity contribution in [2.45, 2.75) is 32.6 Å². The van der Waals surface area contributed by atoms with Crippen LogP contribution in [0.1, 0.15) is 41.6 Å². The number of anilines is 3. The third kappa shape index (κ3) is 4.05. The van der Waals surface area contributed by atoms with Crippen molar-refractivity contribution < 1.29 is 18.0 Å². The highest BCUT2D eigenvalue weighted by molar-refractivity contribution is 7.92. The van der Waals surface area contributed by atoms with Gasteiger partial charge in [-0.05, 0) is 62.1 Å². The number of rotatable bonds is 4. The summed E-state index contributed by atoms with van der Waals surface area (Å²) >= 11 is 0. The van der Waals surface area contributed by atoms with Crippen molar-refractivity contribution in [3.63, 3.8) is 0 Å². The van der Waals surface area contributed by atoms with Gasteiger partial charge in [-0.15, -0.1) is 0 Å². The molecule has 7 nitrogen and oxygen atoms in total. The van der Waals surface area contributed by atoms with Gasteiger partial charge in [0.05, 0.1) is 11.4 Å². The minimum Gasteiger partial charge on any atom is -0.322 e. The Balaban J connectivity index is 1.55. The number of sulfonamides is 1. The van der Waals surface area contributed by atoms with Crippen molar-refractivity contribution in [3.05, 3.63) is 53.6 Å². The van der Waals surface area contributed by atoms with Gasteiger partial charge in [0, 0.05) is 36.4 Å². The molecule has 2 fully saturated rings. The highest BCUT2D eigenvalue weighted by Crippen LogP contribution is 2.29. The van der Waals surface area contributed by atoms with Crippen LogP contribution in [0, 0.1) is 6.92 Å². The number of carbonyl (C=O) groups is 2. The Kier molecular flexibility index (Phi) is 5.51. The summed E-state index contributed by atoms with van der Waals surface area (Å²) in [7, 11) is -3.34. The maximum absolute atomic E-state index is 12.8. The third-order valence-corrected chi connectivity index (χ3v) is 7.45. The number of benzene rings is 2. The second-order valence-corrected chi connectivity index (χ2v) is 9.76. The first-order valence-electron chi connectivity index (χ1n) is 10.2. The SMILES string of the molecule is Cc1ccc(NC(=O)c2cccc(N3CCCCS3(=O)=O)c2)cc1N1CCCC1=O. The molecule has 2 amide bonds. The van der Waals surface area contributed by atoms with Gasteiger partial charge in [0.25, 0.3) is 5.91 Å². The topological polar surface area (TPSA) is 86.8 Å². The molecule has 0 spiro atoms. The van der Waals surface area contributed by atoms with Crippen molar-refractivity contribution in [1.82, 2.24) is 0 Å². The molecule has 2 heterocycles. The fraction of sp³-hybridized carbons (Fsp3) is 0.364. The van der Waals surface area contributed by atoms with Gasteiger partial charge >= 0.3 is 0 Å². The van der Waals surface area contributed by atoms with E-state index in [1.54, 1.807) is 35.2 Å². The summed E-state index contributed by atoms with van der Waals surface area (Å²) in [6, 6.07) is 12.2. The van der Waals surface area contributed by atoms with Crippen molar-refractivity contribution in [1.29, 1.82) is 0 Å². The summed E-state index contributed by atoms with van der Waals surface area (Å²) in [4.78, 5) is 26.7.